The first-order valence-electron chi connectivity index (χ1n) is 12.2. The molecule has 0 aliphatic carbocycles. The number of nitrogens with one attached hydrogen (secondary N) is 2. The van der Waals surface area contributed by atoms with E-state index in [1.165, 1.54) is 17.8 Å². The minimum Gasteiger partial charge on any atom is -0.437 e. The fraction of sp³-hybridized carbons (Fsp3) is 0.214. The van der Waals surface area contributed by atoms with Crippen LogP contribution in [0.1, 0.15) is 28.0 Å². The van der Waals surface area contributed by atoms with E-state index in [-0.39, 0.29) is 28.9 Å². The van der Waals surface area contributed by atoms with Gasteiger partial charge in [0.1, 0.15) is 11.3 Å². The number of aromatic nitrogens is 3. The SMILES string of the molecule is COCc1ccccc1.O=C(NCC(=O)N1CCCc2[nH]cnc21)c1cccnc1Oc1ccc(Cl)cc1Cl. The second kappa shape index (κ2) is 13.7. The van der Waals surface area contributed by atoms with Gasteiger partial charge >= 0.3 is 0 Å². The quantitative estimate of drug-likeness (QED) is 0.307. The Morgan fingerprint density at radius 3 is 2.67 bits per heavy atom. The molecule has 3 heterocycles. The molecule has 0 spiro atoms. The Kier molecular flexibility index (Phi) is 9.91. The van der Waals surface area contributed by atoms with Gasteiger partial charge in [-0.2, -0.15) is 0 Å². The molecule has 11 heteroatoms. The van der Waals surface area contributed by atoms with E-state index in [4.69, 9.17) is 32.7 Å². The number of aryl methyl sites for hydroxylation is 1. The summed E-state index contributed by atoms with van der Waals surface area (Å²) in [6.45, 7) is 1.09. The maximum Gasteiger partial charge on any atom is 0.257 e. The van der Waals surface area contributed by atoms with Crippen molar-refractivity contribution in [2.45, 2.75) is 19.4 Å². The van der Waals surface area contributed by atoms with E-state index in [9.17, 15) is 9.59 Å². The zero-order chi connectivity index (χ0) is 27.6. The fourth-order valence-corrected chi connectivity index (χ4v) is 4.33. The Labute approximate surface area is 236 Å². The summed E-state index contributed by atoms with van der Waals surface area (Å²) in [4.78, 5) is 38.3. The minimum absolute atomic E-state index is 0.0687. The second-order valence-corrected chi connectivity index (χ2v) is 9.33. The van der Waals surface area contributed by atoms with Crippen molar-refractivity contribution >= 4 is 40.8 Å². The molecule has 39 heavy (non-hydrogen) atoms. The van der Waals surface area contributed by atoms with Gasteiger partial charge in [-0.15, -0.1) is 0 Å². The number of hydrogen-bond acceptors (Lipinski definition) is 6. The van der Waals surface area contributed by atoms with Crippen LogP contribution in [0.25, 0.3) is 0 Å². The number of carbonyl (C=O) groups is 2. The van der Waals surface area contributed by atoms with Gasteiger partial charge in [-0.1, -0.05) is 53.5 Å². The van der Waals surface area contributed by atoms with Crippen molar-refractivity contribution in [3.8, 4) is 11.6 Å². The molecule has 0 atom stereocenters. The van der Waals surface area contributed by atoms with E-state index in [2.05, 4.69) is 20.3 Å². The lowest BCUT2D eigenvalue weighted by Gasteiger charge is -2.25. The van der Waals surface area contributed by atoms with Crippen molar-refractivity contribution in [3.05, 3.63) is 100 Å². The van der Waals surface area contributed by atoms with Crippen LogP contribution in [0.15, 0.2) is 73.2 Å². The Hall–Kier alpha value is -3.92. The number of benzene rings is 2. The highest BCUT2D eigenvalue weighted by Crippen LogP contribution is 2.32. The molecule has 0 bridgehead atoms. The molecule has 0 saturated carbocycles. The van der Waals surface area contributed by atoms with Gasteiger partial charge in [0.05, 0.1) is 30.2 Å². The van der Waals surface area contributed by atoms with Gasteiger partial charge in [-0.05, 0) is 48.7 Å². The molecule has 4 aromatic rings. The largest absolute Gasteiger partial charge is 0.437 e. The topological polar surface area (TPSA) is 109 Å². The lowest BCUT2D eigenvalue weighted by Crippen LogP contribution is -2.42. The van der Waals surface area contributed by atoms with Gasteiger partial charge in [0.2, 0.25) is 11.8 Å². The van der Waals surface area contributed by atoms with Crippen LogP contribution in [0.3, 0.4) is 0 Å². The predicted octanol–water partition coefficient (Wildman–Crippen LogP) is 5.45. The van der Waals surface area contributed by atoms with E-state index in [1.54, 1.807) is 42.6 Å². The molecule has 0 saturated heterocycles. The molecular weight excluding hydrogens is 541 g/mol. The molecule has 9 nitrogen and oxygen atoms in total. The van der Waals surface area contributed by atoms with Crippen LogP contribution < -0.4 is 15.0 Å². The van der Waals surface area contributed by atoms with Crippen LogP contribution in [-0.2, 0) is 22.6 Å². The number of H-pyrrole nitrogens is 1. The maximum atomic E-state index is 12.7. The number of pyridine rings is 1. The Balaban J connectivity index is 0.000000333. The summed E-state index contributed by atoms with van der Waals surface area (Å²) in [5.74, 6) is 0.256. The molecule has 2 amide bonds. The zero-order valence-corrected chi connectivity index (χ0v) is 22.7. The maximum absolute atomic E-state index is 12.7. The van der Waals surface area contributed by atoms with Crippen molar-refractivity contribution in [1.29, 1.82) is 0 Å². The summed E-state index contributed by atoms with van der Waals surface area (Å²) >= 11 is 12.0. The van der Waals surface area contributed by atoms with Crippen LogP contribution >= 0.6 is 23.2 Å². The monoisotopic (exact) mass is 567 g/mol. The number of fused-ring (bicyclic) bond motifs is 1. The first-order chi connectivity index (χ1) is 19.0. The van der Waals surface area contributed by atoms with Crippen molar-refractivity contribution in [1.82, 2.24) is 20.3 Å². The summed E-state index contributed by atoms with van der Waals surface area (Å²) in [6.07, 6.45) is 4.73. The number of hydrogen-bond donors (Lipinski definition) is 2. The molecule has 2 aromatic heterocycles. The van der Waals surface area contributed by atoms with Crippen molar-refractivity contribution < 1.29 is 19.1 Å². The van der Waals surface area contributed by atoms with Gasteiger partial charge in [0.15, 0.2) is 5.82 Å². The number of ether oxygens (including phenoxy) is 2. The van der Waals surface area contributed by atoms with Gasteiger partial charge in [0, 0.05) is 24.9 Å². The van der Waals surface area contributed by atoms with Crippen molar-refractivity contribution in [2.75, 3.05) is 25.1 Å². The molecule has 5 rings (SSSR count). The van der Waals surface area contributed by atoms with Crippen LogP contribution in [-0.4, -0.2) is 47.0 Å². The number of aromatic amines is 1. The average Bonchev–Trinajstić information content (AvgIpc) is 3.44. The van der Waals surface area contributed by atoms with Gasteiger partial charge < -0.3 is 19.8 Å². The first kappa shape index (κ1) is 28.1. The number of anilines is 1. The average molecular weight is 568 g/mol. The summed E-state index contributed by atoms with van der Waals surface area (Å²) in [6, 6.07) is 18.0. The second-order valence-electron chi connectivity index (χ2n) is 8.49. The number of imidazole rings is 1. The first-order valence-corrected chi connectivity index (χ1v) is 12.9. The van der Waals surface area contributed by atoms with Crippen LogP contribution in [0.4, 0.5) is 5.82 Å². The molecular formula is C28H27Cl2N5O4. The summed E-state index contributed by atoms with van der Waals surface area (Å²) in [7, 11) is 1.70. The highest BCUT2D eigenvalue weighted by atomic mass is 35.5. The zero-order valence-electron chi connectivity index (χ0n) is 21.2. The number of carbonyl (C=O) groups excluding carboxylic acids is 2. The normalized spacial score (nSPS) is 12.1. The third kappa shape index (κ3) is 7.57. The highest BCUT2D eigenvalue weighted by Gasteiger charge is 2.25. The van der Waals surface area contributed by atoms with E-state index < -0.39 is 5.91 Å². The minimum atomic E-state index is -0.490. The van der Waals surface area contributed by atoms with Crippen molar-refractivity contribution in [3.63, 3.8) is 0 Å². The Bertz CT molecular complexity index is 1410. The lowest BCUT2D eigenvalue weighted by atomic mass is 10.1. The van der Waals surface area contributed by atoms with Crippen LogP contribution in [0.5, 0.6) is 11.6 Å². The van der Waals surface area contributed by atoms with Crippen LogP contribution in [0.2, 0.25) is 10.0 Å². The van der Waals surface area contributed by atoms with Crippen LogP contribution in [0, 0.1) is 0 Å². The third-order valence-electron chi connectivity index (χ3n) is 5.73. The molecule has 0 radical (unpaired) electrons. The van der Waals surface area contributed by atoms with Gasteiger partial charge in [0.25, 0.3) is 5.91 Å². The Morgan fingerprint density at radius 1 is 1.08 bits per heavy atom. The molecule has 0 fully saturated rings. The van der Waals surface area contributed by atoms with Gasteiger partial charge in [-0.3, -0.25) is 14.5 Å². The summed E-state index contributed by atoms with van der Waals surface area (Å²) < 4.78 is 10.6. The number of rotatable bonds is 7. The van der Waals surface area contributed by atoms with E-state index in [0.29, 0.717) is 29.7 Å². The van der Waals surface area contributed by atoms with E-state index in [0.717, 1.165) is 18.5 Å². The number of amides is 2. The third-order valence-corrected chi connectivity index (χ3v) is 6.26. The molecule has 1 aliphatic heterocycles. The van der Waals surface area contributed by atoms with E-state index >= 15 is 0 Å². The van der Waals surface area contributed by atoms with E-state index in [1.807, 2.05) is 30.3 Å². The fourth-order valence-electron chi connectivity index (χ4n) is 3.89. The molecule has 202 valence electrons. The smallest absolute Gasteiger partial charge is 0.257 e. The molecule has 2 aromatic carbocycles. The standard InChI is InChI=1S/C20H17Cl2N5O3.C8H10O/c21-12-5-6-16(14(22)9-12)30-20-13(3-1-7-23-20)19(29)24-10-17(28)27-8-2-4-15-18(27)26-11-25-15;1-9-7-8-5-3-2-4-6-8/h1,3,5-7,9,11H,2,4,8,10H2,(H,24,29)(H,25,26);2-6H,7H2,1H3. The summed E-state index contributed by atoms with van der Waals surface area (Å²) in [5.41, 5.74) is 2.32. The summed E-state index contributed by atoms with van der Waals surface area (Å²) in [5, 5.41) is 3.37. The lowest BCUT2D eigenvalue weighted by molar-refractivity contribution is -0.117. The van der Waals surface area contributed by atoms with Gasteiger partial charge in [-0.25, -0.2) is 9.97 Å². The van der Waals surface area contributed by atoms with Crippen molar-refractivity contribution in [2.24, 2.45) is 0 Å². The number of nitrogens with zero attached hydrogens (tertiary/aromatic N) is 3. The number of methoxy groups -OCH3 is 1. The number of halogens is 2. The molecule has 1 aliphatic rings. The molecule has 2 N–H and O–H groups in total. The predicted molar refractivity (Wildman–Crippen MR) is 150 cm³/mol. The Morgan fingerprint density at radius 2 is 1.90 bits per heavy atom. The highest BCUT2D eigenvalue weighted by molar-refractivity contribution is 6.35. The molecule has 0 unspecified atom stereocenters.